The summed E-state index contributed by atoms with van der Waals surface area (Å²) < 4.78 is 5.36. The van der Waals surface area contributed by atoms with Crippen molar-refractivity contribution in [2.75, 3.05) is 13.1 Å². The standard InChI is InChI=1S/C17H20N2O2/c1-2-19(12-14-6-4-10-21-14)17(20)16-7-3-5-13-11-18-9-8-15(13)16/h3-7,10,18H,2,8-9,11-12H2,1H3. The van der Waals surface area contributed by atoms with E-state index in [0.717, 1.165) is 30.8 Å². The predicted octanol–water partition coefficient (Wildman–Crippen LogP) is 2.59. The van der Waals surface area contributed by atoms with Gasteiger partial charge in [0.25, 0.3) is 5.91 Å². The molecule has 1 aliphatic rings. The van der Waals surface area contributed by atoms with Crippen LogP contribution in [0.4, 0.5) is 0 Å². The summed E-state index contributed by atoms with van der Waals surface area (Å²) in [4.78, 5) is 14.7. The molecule has 110 valence electrons. The average Bonchev–Trinajstić information content (AvgIpc) is 3.04. The quantitative estimate of drug-likeness (QED) is 0.938. The number of fused-ring (bicyclic) bond motifs is 1. The predicted molar refractivity (Wildman–Crippen MR) is 81.0 cm³/mol. The topological polar surface area (TPSA) is 45.5 Å². The molecule has 1 amide bonds. The van der Waals surface area contributed by atoms with Crippen molar-refractivity contribution in [1.82, 2.24) is 10.2 Å². The lowest BCUT2D eigenvalue weighted by Gasteiger charge is -2.24. The number of benzene rings is 1. The van der Waals surface area contributed by atoms with Gasteiger partial charge in [-0.05, 0) is 49.2 Å². The number of carbonyl (C=O) groups excluding carboxylic acids is 1. The zero-order valence-corrected chi connectivity index (χ0v) is 12.3. The van der Waals surface area contributed by atoms with E-state index in [2.05, 4.69) is 11.4 Å². The Labute approximate surface area is 124 Å². The molecule has 3 rings (SSSR count). The Bertz CT molecular complexity index is 620. The number of nitrogens with zero attached hydrogens (tertiary/aromatic N) is 1. The van der Waals surface area contributed by atoms with Gasteiger partial charge in [-0.3, -0.25) is 4.79 Å². The fraction of sp³-hybridized carbons (Fsp3) is 0.353. The van der Waals surface area contributed by atoms with Crippen molar-refractivity contribution in [2.24, 2.45) is 0 Å². The minimum absolute atomic E-state index is 0.0904. The third kappa shape index (κ3) is 2.85. The van der Waals surface area contributed by atoms with Gasteiger partial charge >= 0.3 is 0 Å². The van der Waals surface area contributed by atoms with E-state index in [0.29, 0.717) is 13.1 Å². The van der Waals surface area contributed by atoms with Crippen LogP contribution in [0.5, 0.6) is 0 Å². The van der Waals surface area contributed by atoms with Gasteiger partial charge in [-0.15, -0.1) is 0 Å². The molecule has 0 radical (unpaired) electrons. The van der Waals surface area contributed by atoms with Gasteiger partial charge in [0.15, 0.2) is 0 Å². The number of amides is 1. The molecule has 2 aromatic rings. The van der Waals surface area contributed by atoms with Crippen molar-refractivity contribution < 1.29 is 9.21 Å². The molecule has 0 spiro atoms. The van der Waals surface area contributed by atoms with Crippen molar-refractivity contribution in [3.63, 3.8) is 0 Å². The Morgan fingerprint density at radius 3 is 3.00 bits per heavy atom. The maximum absolute atomic E-state index is 12.8. The van der Waals surface area contributed by atoms with Gasteiger partial charge in [0.2, 0.25) is 0 Å². The van der Waals surface area contributed by atoms with Crippen molar-refractivity contribution >= 4 is 5.91 Å². The first-order chi connectivity index (χ1) is 10.3. The van der Waals surface area contributed by atoms with E-state index in [-0.39, 0.29) is 5.91 Å². The molecule has 4 nitrogen and oxygen atoms in total. The minimum atomic E-state index is 0.0904. The van der Waals surface area contributed by atoms with Gasteiger partial charge in [-0.25, -0.2) is 0 Å². The lowest BCUT2D eigenvalue weighted by Crippen LogP contribution is -2.33. The summed E-state index contributed by atoms with van der Waals surface area (Å²) in [5.41, 5.74) is 3.27. The largest absolute Gasteiger partial charge is 0.467 e. The number of furan rings is 1. The zero-order chi connectivity index (χ0) is 14.7. The highest BCUT2D eigenvalue weighted by Gasteiger charge is 2.21. The Kier molecular flexibility index (Phi) is 4.06. The third-order valence-corrected chi connectivity index (χ3v) is 3.97. The molecule has 1 N–H and O–H groups in total. The van der Waals surface area contributed by atoms with Crippen molar-refractivity contribution in [1.29, 1.82) is 0 Å². The maximum Gasteiger partial charge on any atom is 0.254 e. The second-order valence-electron chi connectivity index (χ2n) is 5.27. The Hall–Kier alpha value is -2.07. The van der Waals surface area contributed by atoms with E-state index in [9.17, 15) is 4.79 Å². The van der Waals surface area contributed by atoms with E-state index < -0.39 is 0 Å². The second-order valence-corrected chi connectivity index (χ2v) is 5.27. The van der Waals surface area contributed by atoms with Crippen LogP contribution in [-0.4, -0.2) is 23.9 Å². The Morgan fingerprint density at radius 2 is 2.24 bits per heavy atom. The fourth-order valence-electron chi connectivity index (χ4n) is 2.82. The Balaban J connectivity index is 1.86. The second kappa shape index (κ2) is 6.14. The molecule has 0 aliphatic carbocycles. The number of hydrogen-bond donors (Lipinski definition) is 1. The summed E-state index contributed by atoms with van der Waals surface area (Å²) >= 11 is 0. The highest BCUT2D eigenvalue weighted by molar-refractivity contribution is 5.96. The molecule has 0 unspecified atom stereocenters. The molecule has 1 aromatic heterocycles. The molecule has 1 aliphatic heterocycles. The van der Waals surface area contributed by atoms with Crippen molar-refractivity contribution in [3.8, 4) is 0 Å². The molecule has 2 heterocycles. The minimum Gasteiger partial charge on any atom is -0.467 e. The third-order valence-electron chi connectivity index (χ3n) is 3.97. The monoisotopic (exact) mass is 284 g/mol. The van der Waals surface area contributed by atoms with Crippen LogP contribution in [0.25, 0.3) is 0 Å². The molecule has 1 aromatic carbocycles. The van der Waals surface area contributed by atoms with Crippen LogP contribution >= 0.6 is 0 Å². The number of hydrogen-bond acceptors (Lipinski definition) is 3. The molecule has 0 fully saturated rings. The maximum atomic E-state index is 12.8. The Morgan fingerprint density at radius 1 is 1.33 bits per heavy atom. The number of nitrogens with one attached hydrogen (secondary N) is 1. The average molecular weight is 284 g/mol. The van der Waals surface area contributed by atoms with Gasteiger partial charge in [-0.2, -0.15) is 0 Å². The molecule has 4 heteroatoms. The van der Waals surface area contributed by atoms with Gasteiger partial charge in [-0.1, -0.05) is 12.1 Å². The lowest BCUT2D eigenvalue weighted by molar-refractivity contribution is 0.0740. The molecule has 0 bridgehead atoms. The highest BCUT2D eigenvalue weighted by Crippen LogP contribution is 2.21. The summed E-state index contributed by atoms with van der Waals surface area (Å²) in [6, 6.07) is 9.77. The smallest absolute Gasteiger partial charge is 0.254 e. The SMILES string of the molecule is CCN(Cc1ccco1)C(=O)c1cccc2c1CCNC2. The summed E-state index contributed by atoms with van der Waals surface area (Å²) in [5, 5.41) is 3.35. The molecular formula is C17H20N2O2. The molecule has 0 atom stereocenters. The fourth-order valence-corrected chi connectivity index (χ4v) is 2.82. The molecule has 21 heavy (non-hydrogen) atoms. The molecule has 0 saturated carbocycles. The summed E-state index contributed by atoms with van der Waals surface area (Å²) in [6.07, 6.45) is 2.55. The number of rotatable bonds is 4. The first-order valence-corrected chi connectivity index (χ1v) is 7.42. The van der Waals surface area contributed by atoms with E-state index >= 15 is 0 Å². The van der Waals surface area contributed by atoms with Gasteiger partial charge in [0.1, 0.15) is 5.76 Å². The first-order valence-electron chi connectivity index (χ1n) is 7.42. The van der Waals surface area contributed by atoms with Crippen molar-refractivity contribution in [3.05, 3.63) is 59.0 Å². The lowest BCUT2D eigenvalue weighted by atomic mass is 9.94. The summed E-state index contributed by atoms with van der Waals surface area (Å²) in [5.74, 6) is 0.907. The van der Waals surface area contributed by atoms with Crippen LogP contribution < -0.4 is 5.32 Å². The van der Waals surface area contributed by atoms with E-state index in [1.807, 2.05) is 36.1 Å². The summed E-state index contributed by atoms with van der Waals surface area (Å²) in [6.45, 7) is 4.96. The van der Waals surface area contributed by atoms with E-state index in [1.165, 1.54) is 11.1 Å². The van der Waals surface area contributed by atoms with Gasteiger partial charge < -0.3 is 14.6 Å². The van der Waals surface area contributed by atoms with Crippen LogP contribution in [0.3, 0.4) is 0 Å². The van der Waals surface area contributed by atoms with E-state index in [4.69, 9.17) is 4.42 Å². The number of carbonyl (C=O) groups is 1. The normalized spacial score (nSPS) is 13.8. The van der Waals surface area contributed by atoms with Crippen LogP contribution in [0.15, 0.2) is 41.0 Å². The van der Waals surface area contributed by atoms with Crippen LogP contribution in [0.1, 0.15) is 34.2 Å². The van der Waals surface area contributed by atoms with Gasteiger partial charge in [0.05, 0.1) is 12.8 Å². The first kappa shape index (κ1) is 13.9. The van der Waals surface area contributed by atoms with Gasteiger partial charge in [0, 0.05) is 18.7 Å². The molecule has 0 saturated heterocycles. The van der Waals surface area contributed by atoms with Crippen molar-refractivity contribution in [2.45, 2.75) is 26.4 Å². The summed E-state index contributed by atoms with van der Waals surface area (Å²) in [7, 11) is 0. The van der Waals surface area contributed by atoms with E-state index in [1.54, 1.807) is 6.26 Å². The highest BCUT2D eigenvalue weighted by atomic mass is 16.3. The van der Waals surface area contributed by atoms with Crippen LogP contribution in [0, 0.1) is 0 Å². The molecular weight excluding hydrogens is 264 g/mol. The zero-order valence-electron chi connectivity index (χ0n) is 12.3. The van der Waals surface area contributed by atoms with Crippen LogP contribution in [0.2, 0.25) is 0 Å². The van der Waals surface area contributed by atoms with Crippen LogP contribution in [-0.2, 0) is 19.5 Å².